The Bertz CT molecular complexity index is 1260. The van der Waals surface area contributed by atoms with E-state index in [2.05, 4.69) is 6.92 Å². The van der Waals surface area contributed by atoms with Crippen molar-refractivity contribution in [1.29, 1.82) is 0 Å². The predicted molar refractivity (Wildman–Crippen MR) is 133 cm³/mol. The molecule has 0 spiro atoms. The summed E-state index contributed by atoms with van der Waals surface area (Å²) in [6, 6.07) is 5.18. The second-order valence-electron chi connectivity index (χ2n) is 9.34. The van der Waals surface area contributed by atoms with Crippen molar-refractivity contribution in [3.63, 3.8) is 0 Å². The fourth-order valence-electron chi connectivity index (χ4n) is 3.86. The van der Waals surface area contributed by atoms with Crippen LogP contribution in [0.3, 0.4) is 0 Å². The van der Waals surface area contributed by atoms with Crippen LogP contribution < -0.4 is 10.3 Å². The summed E-state index contributed by atoms with van der Waals surface area (Å²) >= 11 is 9.19. The van der Waals surface area contributed by atoms with Gasteiger partial charge in [-0.3, -0.25) is 14.2 Å². The van der Waals surface area contributed by atoms with Gasteiger partial charge < -0.3 is 4.74 Å². The van der Waals surface area contributed by atoms with E-state index in [1.807, 2.05) is 20.8 Å². The van der Waals surface area contributed by atoms with E-state index in [9.17, 15) is 9.59 Å². The number of benzene rings is 1. The third kappa shape index (κ3) is 4.35. The summed E-state index contributed by atoms with van der Waals surface area (Å²) < 4.78 is 7.11. The molecule has 2 heterocycles. The SMILES string of the molecule is COc1ccc(Cl)cc1-n1c(SCC(=O)C(C)(C)C)nc2sc3c(c2c1=O)CCC(C)C3. The smallest absolute Gasteiger partial charge is 0.267 e. The molecule has 0 radical (unpaired) electrons. The van der Waals surface area contributed by atoms with E-state index in [0.29, 0.717) is 32.9 Å². The minimum atomic E-state index is -0.464. The number of Topliss-reactive ketones (excluding diaryl/α,β-unsaturated/α-hetero) is 1. The van der Waals surface area contributed by atoms with Crippen LogP contribution in [0.5, 0.6) is 5.75 Å². The summed E-state index contributed by atoms with van der Waals surface area (Å²) in [4.78, 5) is 33.4. The Balaban J connectivity index is 1.95. The van der Waals surface area contributed by atoms with E-state index >= 15 is 0 Å². The number of carbonyl (C=O) groups is 1. The zero-order chi connectivity index (χ0) is 23.2. The first-order valence-corrected chi connectivity index (χ1v) is 12.9. The van der Waals surface area contributed by atoms with Gasteiger partial charge in [0.15, 0.2) is 5.16 Å². The van der Waals surface area contributed by atoms with Crippen LogP contribution in [-0.4, -0.2) is 28.2 Å². The maximum atomic E-state index is 13.9. The van der Waals surface area contributed by atoms with Crippen LogP contribution in [0, 0.1) is 11.3 Å². The molecule has 1 aliphatic rings. The number of ketones is 1. The van der Waals surface area contributed by atoms with Gasteiger partial charge in [-0.1, -0.05) is 51.1 Å². The van der Waals surface area contributed by atoms with Gasteiger partial charge in [0.05, 0.1) is 23.9 Å². The van der Waals surface area contributed by atoms with Crippen molar-refractivity contribution in [2.24, 2.45) is 11.3 Å². The van der Waals surface area contributed by atoms with Crippen molar-refractivity contribution in [2.75, 3.05) is 12.9 Å². The Hall–Kier alpha value is -1.83. The van der Waals surface area contributed by atoms with Crippen molar-refractivity contribution >= 4 is 50.7 Å². The van der Waals surface area contributed by atoms with Crippen LogP contribution in [0.4, 0.5) is 0 Å². The molecule has 0 fully saturated rings. The quantitative estimate of drug-likeness (QED) is 0.327. The monoisotopic (exact) mass is 490 g/mol. The molecule has 8 heteroatoms. The summed E-state index contributed by atoms with van der Waals surface area (Å²) in [5.41, 5.74) is 1.06. The number of aromatic nitrogens is 2. The molecule has 0 bridgehead atoms. The number of ether oxygens (including phenoxy) is 1. The number of hydrogen-bond donors (Lipinski definition) is 0. The maximum absolute atomic E-state index is 13.9. The number of carbonyl (C=O) groups excluding carboxylic acids is 1. The predicted octanol–water partition coefficient (Wildman–Crippen LogP) is 5.94. The number of methoxy groups -OCH3 is 1. The summed E-state index contributed by atoms with van der Waals surface area (Å²) in [5, 5.41) is 1.66. The summed E-state index contributed by atoms with van der Waals surface area (Å²) in [6.45, 7) is 7.94. The van der Waals surface area contributed by atoms with Crippen LogP contribution in [0.15, 0.2) is 28.2 Å². The number of nitrogens with zero attached hydrogens (tertiary/aromatic N) is 2. The lowest BCUT2D eigenvalue weighted by Crippen LogP contribution is -2.25. The second kappa shape index (κ2) is 8.84. The number of halogens is 1. The van der Waals surface area contributed by atoms with Gasteiger partial charge in [-0.25, -0.2) is 4.98 Å². The minimum absolute atomic E-state index is 0.0979. The molecule has 1 aromatic carbocycles. The van der Waals surface area contributed by atoms with Crippen molar-refractivity contribution in [3.8, 4) is 11.4 Å². The number of fused-ring (bicyclic) bond motifs is 3. The van der Waals surface area contributed by atoms with Gasteiger partial charge in [-0.2, -0.15) is 0 Å². The molecule has 3 aromatic rings. The summed E-state index contributed by atoms with van der Waals surface area (Å²) in [7, 11) is 1.56. The Kier molecular flexibility index (Phi) is 6.45. The van der Waals surface area contributed by atoms with Gasteiger partial charge in [0, 0.05) is 15.3 Å². The maximum Gasteiger partial charge on any atom is 0.267 e. The van der Waals surface area contributed by atoms with Crippen LogP contribution in [-0.2, 0) is 17.6 Å². The number of rotatable bonds is 5. The molecule has 0 aliphatic heterocycles. The highest BCUT2D eigenvalue weighted by Crippen LogP contribution is 2.38. The summed E-state index contributed by atoms with van der Waals surface area (Å²) in [5.74, 6) is 1.45. The van der Waals surface area contributed by atoms with Crippen LogP contribution >= 0.6 is 34.7 Å². The molecule has 2 aromatic heterocycles. The van der Waals surface area contributed by atoms with Gasteiger partial charge in [-0.05, 0) is 48.9 Å². The molecule has 1 unspecified atom stereocenters. The lowest BCUT2D eigenvalue weighted by molar-refractivity contribution is -0.123. The Morgan fingerprint density at radius 3 is 2.81 bits per heavy atom. The standard InChI is InChI=1S/C24H27ClN2O3S2/c1-13-6-8-15-18(10-13)32-21-20(15)22(29)27(16-11-14(25)7-9-17(16)30-5)23(26-21)31-12-19(28)24(2,3)4/h7,9,11,13H,6,8,10,12H2,1-5H3. The van der Waals surface area contributed by atoms with Gasteiger partial charge in [-0.15, -0.1) is 11.3 Å². The van der Waals surface area contributed by atoms with Crippen molar-refractivity contribution in [1.82, 2.24) is 9.55 Å². The average Bonchev–Trinajstić information content (AvgIpc) is 3.08. The second-order valence-corrected chi connectivity index (χ2v) is 11.8. The third-order valence-electron chi connectivity index (χ3n) is 5.85. The first-order chi connectivity index (χ1) is 15.1. The summed E-state index contributed by atoms with van der Waals surface area (Å²) in [6.07, 6.45) is 2.92. The molecule has 1 atom stereocenters. The number of aryl methyl sites for hydroxylation is 1. The minimum Gasteiger partial charge on any atom is -0.495 e. The van der Waals surface area contributed by atoms with E-state index < -0.39 is 5.41 Å². The normalized spacial score (nSPS) is 16.2. The van der Waals surface area contributed by atoms with Crippen LogP contribution in [0.2, 0.25) is 5.02 Å². The van der Waals surface area contributed by atoms with Crippen molar-refractivity contribution in [3.05, 3.63) is 44.0 Å². The van der Waals surface area contributed by atoms with Gasteiger partial charge >= 0.3 is 0 Å². The topological polar surface area (TPSA) is 61.2 Å². The van der Waals surface area contributed by atoms with Crippen LogP contribution in [0.1, 0.15) is 44.6 Å². The lowest BCUT2D eigenvalue weighted by Gasteiger charge is -2.19. The van der Waals surface area contributed by atoms with Gasteiger partial charge in [0.1, 0.15) is 16.4 Å². The zero-order valence-corrected chi connectivity index (χ0v) is 21.3. The van der Waals surface area contributed by atoms with Crippen LogP contribution in [0.25, 0.3) is 15.9 Å². The molecule has 4 rings (SSSR count). The average molecular weight is 491 g/mol. The van der Waals surface area contributed by atoms with Crippen molar-refractivity contribution in [2.45, 2.75) is 52.1 Å². The molecule has 1 aliphatic carbocycles. The fraction of sp³-hybridized carbons (Fsp3) is 0.458. The van der Waals surface area contributed by atoms with Gasteiger partial charge in [0.2, 0.25) is 0 Å². The number of hydrogen-bond acceptors (Lipinski definition) is 6. The molecule has 0 saturated heterocycles. The molecule has 0 amide bonds. The largest absolute Gasteiger partial charge is 0.495 e. The molecular formula is C24H27ClN2O3S2. The van der Waals surface area contributed by atoms with E-state index in [1.165, 1.54) is 16.6 Å². The highest BCUT2D eigenvalue weighted by atomic mass is 35.5. The molecule has 0 saturated carbocycles. The molecule has 32 heavy (non-hydrogen) atoms. The highest BCUT2D eigenvalue weighted by Gasteiger charge is 2.27. The molecule has 170 valence electrons. The first-order valence-electron chi connectivity index (χ1n) is 10.7. The fourth-order valence-corrected chi connectivity index (χ4v) is 6.62. The van der Waals surface area contributed by atoms with Crippen molar-refractivity contribution < 1.29 is 9.53 Å². The molecule has 0 N–H and O–H groups in total. The highest BCUT2D eigenvalue weighted by molar-refractivity contribution is 7.99. The zero-order valence-electron chi connectivity index (χ0n) is 19.0. The van der Waals surface area contributed by atoms with E-state index in [-0.39, 0.29) is 17.1 Å². The molecular weight excluding hydrogens is 464 g/mol. The number of thiophene rings is 1. The number of thioether (sulfide) groups is 1. The first kappa shape index (κ1) is 23.3. The van der Waals surface area contributed by atoms with Gasteiger partial charge in [0.25, 0.3) is 5.56 Å². The Morgan fingerprint density at radius 1 is 1.38 bits per heavy atom. The third-order valence-corrected chi connectivity index (χ3v) is 8.17. The Labute approximate surface area is 201 Å². The van der Waals surface area contributed by atoms with E-state index in [0.717, 1.165) is 29.7 Å². The van der Waals surface area contributed by atoms with E-state index in [1.54, 1.807) is 41.2 Å². The molecule has 5 nitrogen and oxygen atoms in total. The lowest BCUT2D eigenvalue weighted by atomic mass is 9.89. The van der Waals surface area contributed by atoms with E-state index in [4.69, 9.17) is 21.3 Å². The Morgan fingerprint density at radius 2 is 2.12 bits per heavy atom.